The van der Waals surface area contributed by atoms with Crippen molar-refractivity contribution in [3.8, 4) is 5.75 Å². The highest BCUT2D eigenvalue weighted by Crippen LogP contribution is 2.43. The number of Topliss-reactive ketones (excluding diaryl/α,β-unsaturated/α-hetero) is 1. The van der Waals surface area contributed by atoms with E-state index >= 15 is 0 Å². The van der Waals surface area contributed by atoms with Gasteiger partial charge in [0.05, 0.1) is 18.4 Å². The summed E-state index contributed by atoms with van der Waals surface area (Å²) in [5.74, 6) is -0.974. The van der Waals surface area contributed by atoms with Crippen molar-refractivity contribution in [2.75, 3.05) is 30.0 Å². The zero-order chi connectivity index (χ0) is 27.7. The van der Waals surface area contributed by atoms with Gasteiger partial charge in [-0.15, -0.1) is 0 Å². The number of methoxy groups -OCH3 is 1. The average Bonchev–Trinajstić information content (AvgIpc) is 3.22. The van der Waals surface area contributed by atoms with Crippen molar-refractivity contribution in [1.82, 2.24) is 4.98 Å². The molecule has 0 radical (unpaired) electrons. The zero-order valence-electron chi connectivity index (χ0n) is 23.0. The van der Waals surface area contributed by atoms with E-state index in [2.05, 4.69) is 30.7 Å². The van der Waals surface area contributed by atoms with Gasteiger partial charge in [0, 0.05) is 41.8 Å². The Kier molecular flexibility index (Phi) is 7.17. The van der Waals surface area contributed by atoms with Crippen molar-refractivity contribution in [2.45, 2.75) is 51.5 Å². The quantitative estimate of drug-likeness (QED) is 0.250. The first kappa shape index (κ1) is 26.5. The van der Waals surface area contributed by atoms with Crippen LogP contribution in [0.3, 0.4) is 0 Å². The van der Waals surface area contributed by atoms with E-state index in [1.807, 2.05) is 36.4 Å². The summed E-state index contributed by atoms with van der Waals surface area (Å²) < 4.78 is 5.55. The largest absolute Gasteiger partial charge is 0.507 e. The molecule has 2 aliphatic heterocycles. The van der Waals surface area contributed by atoms with Gasteiger partial charge >= 0.3 is 0 Å². The maximum atomic E-state index is 13.5. The molecular formula is C32H35N3O4. The number of nitrogens with zero attached hydrogens (tertiary/aromatic N) is 3. The Morgan fingerprint density at radius 3 is 2.26 bits per heavy atom. The Labute approximate surface area is 229 Å². The molecule has 39 heavy (non-hydrogen) atoms. The molecule has 1 atom stereocenters. The minimum Gasteiger partial charge on any atom is -0.507 e. The predicted molar refractivity (Wildman–Crippen MR) is 153 cm³/mol. The summed E-state index contributed by atoms with van der Waals surface area (Å²) in [5, 5.41) is 11.6. The van der Waals surface area contributed by atoms with E-state index in [1.54, 1.807) is 37.6 Å². The summed E-state index contributed by atoms with van der Waals surface area (Å²) in [6.45, 7) is 8.17. The third kappa shape index (κ3) is 5.01. The summed E-state index contributed by atoms with van der Waals surface area (Å²) in [6.07, 6.45) is 5.20. The fourth-order valence-corrected chi connectivity index (χ4v) is 5.49. The van der Waals surface area contributed by atoms with Gasteiger partial charge in [-0.25, -0.2) is 0 Å². The number of anilines is 2. The molecule has 2 aromatic carbocycles. The lowest BCUT2D eigenvalue weighted by atomic mass is 9.84. The number of aliphatic hydroxyl groups is 1. The summed E-state index contributed by atoms with van der Waals surface area (Å²) >= 11 is 0. The van der Waals surface area contributed by atoms with Gasteiger partial charge in [0.2, 0.25) is 0 Å². The van der Waals surface area contributed by atoms with Gasteiger partial charge in [0.15, 0.2) is 0 Å². The van der Waals surface area contributed by atoms with Crippen LogP contribution in [-0.2, 0) is 15.0 Å². The molecule has 1 aromatic heterocycles. The molecule has 2 saturated heterocycles. The molecule has 3 heterocycles. The second kappa shape index (κ2) is 10.6. The van der Waals surface area contributed by atoms with Crippen LogP contribution in [0.25, 0.3) is 5.76 Å². The van der Waals surface area contributed by atoms with Gasteiger partial charge in [-0.1, -0.05) is 26.8 Å². The number of benzene rings is 2. The molecule has 0 aliphatic carbocycles. The number of aliphatic hydroxyl groups excluding tert-OH is 1. The maximum Gasteiger partial charge on any atom is 0.300 e. The molecule has 202 valence electrons. The Hall–Kier alpha value is -4.13. The van der Waals surface area contributed by atoms with Crippen LogP contribution in [0.2, 0.25) is 0 Å². The number of rotatable bonds is 5. The first-order chi connectivity index (χ1) is 18.7. The molecule has 5 rings (SSSR count). The first-order valence-electron chi connectivity index (χ1n) is 13.5. The molecular weight excluding hydrogens is 490 g/mol. The van der Waals surface area contributed by atoms with Crippen molar-refractivity contribution < 1.29 is 19.4 Å². The van der Waals surface area contributed by atoms with E-state index < -0.39 is 17.7 Å². The lowest BCUT2D eigenvalue weighted by Crippen LogP contribution is -2.31. The number of amides is 1. The zero-order valence-corrected chi connectivity index (χ0v) is 23.0. The standard InChI is InChI=1S/C32H35N3O4/c1-32(2,3)24-20-21(11-16-26(24)39-4)29(36)27-28(25-10-6-7-17-33-25)35(31(38)30(27)37)23-14-12-22(13-15-23)34-18-8-5-9-19-34/h6-7,10-17,20,28,36H,5,8-9,18-19H2,1-4H3/b29-27-. The smallest absolute Gasteiger partial charge is 0.300 e. The Morgan fingerprint density at radius 1 is 0.949 bits per heavy atom. The highest BCUT2D eigenvalue weighted by Gasteiger charge is 2.47. The first-order valence-corrected chi connectivity index (χ1v) is 13.5. The highest BCUT2D eigenvalue weighted by molar-refractivity contribution is 6.51. The fourth-order valence-electron chi connectivity index (χ4n) is 5.49. The molecule has 1 unspecified atom stereocenters. The molecule has 1 amide bonds. The minimum atomic E-state index is -0.868. The van der Waals surface area contributed by atoms with Gasteiger partial charge < -0.3 is 14.7 Å². The van der Waals surface area contributed by atoms with Crippen LogP contribution in [0.4, 0.5) is 11.4 Å². The molecule has 1 N–H and O–H groups in total. The van der Waals surface area contributed by atoms with Crippen molar-refractivity contribution >= 4 is 28.8 Å². The number of hydrogen-bond donors (Lipinski definition) is 1. The number of hydrogen-bond acceptors (Lipinski definition) is 6. The molecule has 3 aromatic rings. The number of carbonyl (C=O) groups excluding carboxylic acids is 2. The van der Waals surface area contributed by atoms with Gasteiger partial charge in [-0.05, 0) is 79.3 Å². The van der Waals surface area contributed by atoms with E-state index in [4.69, 9.17) is 4.74 Å². The van der Waals surface area contributed by atoms with Crippen LogP contribution in [0, 0.1) is 0 Å². The Morgan fingerprint density at radius 2 is 1.64 bits per heavy atom. The van der Waals surface area contributed by atoms with Crippen LogP contribution >= 0.6 is 0 Å². The normalized spacial score (nSPS) is 19.4. The van der Waals surface area contributed by atoms with E-state index in [1.165, 1.54) is 24.2 Å². The molecule has 7 heteroatoms. The minimum absolute atomic E-state index is 0.0174. The molecule has 2 aliphatic rings. The fraction of sp³-hybridized carbons (Fsp3) is 0.344. The Bertz CT molecular complexity index is 1400. The van der Waals surface area contributed by atoms with Crippen LogP contribution in [-0.4, -0.2) is 42.0 Å². The SMILES string of the molecule is COc1ccc(/C(O)=C2/C(=O)C(=O)N(c3ccc(N4CCCCC4)cc3)C2c2ccccn2)cc1C(C)(C)C. The highest BCUT2D eigenvalue weighted by atomic mass is 16.5. The second-order valence-electron chi connectivity index (χ2n) is 11.2. The van der Waals surface area contributed by atoms with Crippen molar-refractivity contribution in [1.29, 1.82) is 0 Å². The van der Waals surface area contributed by atoms with Crippen molar-refractivity contribution in [3.63, 3.8) is 0 Å². The molecule has 0 spiro atoms. The summed E-state index contributed by atoms with van der Waals surface area (Å²) in [5.41, 5.74) is 3.25. The third-order valence-corrected chi connectivity index (χ3v) is 7.54. The number of ketones is 1. The second-order valence-corrected chi connectivity index (χ2v) is 11.2. The lowest BCUT2D eigenvalue weighted by Gasteiger charge is -2.30. The van der Waals surface area contributed by atoms with Crippen LogP contribution in [0.1, 0.15) is 62.9 Å². The topological polar surface area (TPSA) is 83.0 Å². The average molecular weight is 526 g/mol. The van der Waals surface area contributed by atoms with Crippen molar-refractivity contribution in [2.24, 2.45) is 0 Å². The van der Waals surface area contributed by atoms with Crippen LogP contribution < -0.4 is 14.5 Å². The maximum absolute atomic E-state index is 13.5. The van der Waals surface area contributed by atoms with Crippen LogP contribution in [0.5, 0.6) is 5.75 Å². The number of aromatic nitrogens is 1. The van der Waals surface area contributed by atoms with Gasteiger partial charge in [0.25, 0.3) is 11.7 Å². The molecule has 2 fully saturated rings. The van der Waals surface area contributed by atoms with E-state index in [0.717, 1.165) is 24.3 Å². The molecule has 0 bridgehead atoms. The third-order valence-electron chi connectivity index (χ3n) is 7.54. The van der Waals surface area contributed by atoms with E-state index in [-0.39, 0.29) is 16.7 Å². The summed E-state index contributed by atoms with van der Waals surface area (Å²) in [7, 11) is 1.60. The lowest BCUT2D eigenvalue weighted by molar-refractivity contribution is -0.132. The number of ether oxygens (including phenoxy) is 1. The Balaban J connectivity index is 1.61. The van der Waals surface area contributed by atoms with Gasteiger partial charge in [-0.2, -0.15) is 0 Å². The molecule has 0 saturated carbocycles. The number of carbonyl (C=O) groups is 2. The van der Waals surface area contributed by atoms with Gasteiger partial charge in [-0.3, -0.25) is 19.5 Å². The van der Waals surface area contributed by atoms with E-state index in [0.29, 0.717) is 22.7 Å². The monoisotopic (exact) mass is 525 g/mol. The molecule has 7 nitrogen and oxygen atoms in total. The van der Waals surface area contributed by atoms with Crippen molar-refractivity contribution in [3.05, 3.63) is 89.3 Å². The van der Waals surface area contributed by atoms with E-state index in [9.17, 15) is 14.7 Å². The predicted octanol–water partition coefficient (Wildman–Crippen LogP) is 6.00. The summed E-state index contributed by atoms with van der Waals surface area (Å²) in [4.78, 5) is 35.3. The number of piperidine rings is 1. The van der Waals surface area contributed by atoms with Crippen LogP contribution in [0.15, 0.2) is 72.4 Å². The van der Waals surface area contributed by atoms with Gasteiger partial charge in [0.1, 0.15) is 17.6 Å². The summed E-state index contributed by atoms with van der Waals surface area (Å²) in [6, 6.07) is 17.5. The number of pyridine rings is 1.